The Morgan fingerprint density at radius 2 is 2.00 bits per heavy atom. The van der Waals surface area contributed by atoms with Crippen LogP contribution in [0.25, 0.3) is 5.57 Å². The van der Waals surface area contributed by atoms with Gasteiger partial charge >= 0.3 is 0 Å². The number of aromatic amines is 1. The standard InChI is InChI=1S/C25H34N4O3/c1-15-12-25(31,13-16(2)32-15)18-5-6-20(28-23(30)22-27-14-21(26)29-22)19(11-18)17-7-9-24(3,4)10-8-17/h5-7,11,14-16,31H,8-10,12-13,26H2,1-4H3,(H,27,29)(H,28,30)/t15-,16+,25-. The summed E-state index contributed by atoms with van der Waals surface area (Å²) in [5.41, 5.74) is 8.66. The summed E-state index contributed by atoms with van der Waals surface area (Å²) in [5, 5.41) is 14.5. The Bertz CT molecular complexity index is 1030. The lowest BCUT2D eigenvalue weighted by molar-refractivity contribution is -0.135. The molecule has 32 heavy (non-hydrogen) atoms. The molecule has 4 rings (SSSR count). The number of H-pyrrole nitrogens is 1. The van der Waals surface area contributed by atoms with Crippen LogP contribution in [0.5, 0.6) is 0 Å². The Balaban J connectivity index is 1.71. The van der Waals surface area contributed by atoms with Crippen LogP contribution < -0.4 is 11.1 Å². The van der Waals surface area contributed by atoms with Crippen molar-refractivity contribution in [2.75, 3.05) is 11.1 Å². The highest BCUT2D eigenvalue weighted by Crippen LogP contribution is 2.43. The molecule has 0 radical (unpaired) electrons. The van der Waals surface area contributed by atoms with Crippen molar-refractivity contribution in [1.82, 2.24) is 9.97 Å². The van der Waals surface area contributed by atoms with Gasteiger partial charge in [0, 0.05) is 30.3 Å². The minimum atomic E-state index is -0.960. The van der Waals surface area contributed by atoms with E-state index in [1.807, 2.05) is 32.0 Å². The summed E-state index contributed by atoms with van der Waals surface area (Å²) >= 11 is 0. The van der Waals surface area contributed by atoms with Crippen LogP contribution in [-0.2, 0) is 10.3 Å². The number of hydrogen-bond donors (Lipinski definition) is 4. The number of nitrogens with one attached hydrogen (secondary N) is 2. The number of hydrogen-bond acceptors (Lipinski definition) is 5. The van der Waals surface area contributed by atoms with Gasteiger partial charge in [-0.3, -0.25) is 4.79 Å². The molecule has 2 aliphatic rings. The average Bonchev–Trinajstić information content (AvgIpc) is 3.14. The molecule has 1 aliphatic heterocycles. The highest BCUT2D eigenvalue weighted by atomic mass is 16.5. The van der Waals surface area contributed by atoms with Gasteiger partial charge in [0.05, 0.1) is 17.8 Å². The largest absolute Gasteiger partial charge is 0.385 e. The zero-order valence-corrected chi connectivity index (χ0v) is 19.4. The normalized spacial score (nSPS) is 27.6. The maximum Gasteiger partial charge on any atom is 0.291 e. The number of nitrogen functional groups attached to an aromatic ring is 1. The number of allylic oxidation sites excluding steroid dienone is 2. The molecule has 0 saturated carbocycles. The molecule has 7 nitrogen and oxygen atoms in total. The molecule has 3 atom stereocenters. The number of aromatic nitrogens is 2. The fourth-order valence-corrected chi connectivity index (χ4v) is 4.93. The molecule has 1 aromatic heterocycles. The lowest BCUT2D eigenvalue weighted by Gasteiger charge is -2.40. The van der Waals surface area contributed by atoms with E-state index in [-0.39, 0.29) is 35.2 Å². The molecule has 7 heteroatoms. The Hall–Kier alpha value is -2.64. The SMILES string of the molecule is C[C@@H]1C[C@](O)(c2ccc(NC(=O)c3nc(N)c[nH]3)c(C3=CCC(C)(C)CC3)c2)C[C@H](C)O1. The lowest BCUT2D eigenvalue weighted by Crippen LogP contribution is -2.41. The van der Waals surface area contributed by atoms with Gasteiger partial charge in [-0.1, -0.05) is 26.0 Å². The van der Waals surface area contributed by atoms with Gasteiger partial charge in [0.25, 0.3) is 5.91 Å². The average molecular weight is 439 g/mol. The molecule has 0 unspecified atom stereocenters. The fourth-order valence-electron chi connectivity index (χ4n) is 4.93. The van der Waals surface area contributed by atoms with Crippen molar-refractivity contribution in [2.45, 2.75) is 77.6 Å². The summed E-state index contributed by atoms with van der Waals surface area (Å²) < 4.78 is 5.85. The van der Waals surface area contributed by atoms with Crippen LogP contribution in [-0.4, -0.2) is 33.2 Å². The van der Waals surface area contributed by atoms with Crippen LogP contribution in [0.2, 0.25) is 0 Å². The molecule has 1 fully saturated rings. The van der Waals surface area contributed by atoms with Crippen molar-refractivity contribution < 1.29 is 14.6 Å². The van der Waals surface area contributed by atoms with Crippen molar-refractivity contribution in [3.8, 4) is 0 Å². The number of nitrogens with two attached hydrogens (primary N) is 1. The molecule has 1 amide bonds. The van der Waals surface area contributed by atoms with Gasteiger partial charge in [-0.15, -0.1) is 0 Å². The Labute approximate surface area is 189 Å². The van der Waals surface area contributed by atoms with Gasteiger partial charge in [-0.2, -0.15) is 0 Å². The molecule has 0 bridgehead atoms. The molecular weight excluding hydrogens is 404 g/mol. The van der Waals surface area contributed by atoms with Crippen molar-refractivity contribution >= 4 is 23.0 Å². The molecule has 1 saturated heterocycles. The molecule has 1 aromatic carbocycles. The van der Waals surface area contributed by atoms with Crippen LogP contribution >= 0.6 is 0 Å². The van der Waals surface area contributed by atoms with Gasteiger partial charge in [0.1, 0.15) is 5.82 Å². The third kappa shape index (κ3) is 4.74. The minimum absolute atomic E-state index is 0.0225. The number of aliphatic hydroxyl groups is 1. The van der Waals surface area contributed by atoms with Crippen LogP contribution in [0.4, 0.5) is 11.5 Å². The van der Waals surface area contributed by atoms with E-state index in [0.717, 1.165) is 30.4 Å². The van der Waals surface area contributed by atoms with E-state index in [2.05, 4.69) is 35.2 Å². The van der Waals surface area contributed by atoms with E-state index < -0.39 is 5.60 Å². The summed E-state index contributed by atoms with van der Waals surface area (Å²) in [6.07, 6.45) is 7.76. The number of nitrogens with zero attached hydrogens (tertiary/aromatic N) is 1. The summed E-state index contributed by atoms with van der Waals surface area (Å²) in [6, 6.07) is 5.84. The van der Waals surface area contributed by atoms with Gasteiger partial charge in [0.2, 0.25) is 0 Å². The first kappa shape index (κ1) is 22.6. The number of carbonyl (C=O) groups excluding carboxylic acids is 1. The highest BCUT2D eigenvalue weighted by molar-refractivity contribution is 6.03. The predicted octanol–water partition coefficient (Wildman–Crippen LogP) is 4.61. The molecular formula is C25H34N4O3. The van der Waals surface area contributed by atoms with Gasteiger partial charge < -0.3 is 25.9 Å². The number of imidazole rings is 1. The number of amides is 1. The van der Waals surface area contributed by atoms with E-state index >= 15 is 0 Å². The van der Waals surface area contributed by atoms with Gasteiger partial charge in [-0.25, -0.2) is 4.98 Å². The number of carbonyl (C=O) groups is 1. The molecule has 0 spiro atoms. The van der Waals surface area contributed by atoms with Crippen molar-refractivity contribution in [3.05, 3.63) is 47.4 Å². The van der Waals surface area contributed by atoms with Crippen LogP contribution in [0.3, 0.4) is 0 Å². The van der Waals surface area contributed by atoms with Crippen molar-refractivity contribution in [2.24, 2.45) is 5.41 Å². The third-order valence-corrected chi connectivity index (χ3v) is 6.65. The fraction of sp³-hybridized carbons (Fsp3) is 0.520. The Morgan fingerprint density at radius 1 is 1.28 bits per heavy atom. The van der Waals surface area contributed by atoms with Crippen molar-refractivity contribution in [1.29, 1.82) is 0 Å². The number of benzene rings is 1. The first-order valence-electron chi connectivity index (χ1n) is 11.4. The second kappa shape index (κ2) is 8.37. The maximum absolute atomic E-state index is 12.8. The molecule has 2 aromatic rings. The van der Waals surface area contributed by atoms with Crippen LogP contribution in [0.15, 0.2) is 30.5 Å². The monoisotopic (exact) mass is 438 g/mol. The zero-order valence-electron chi connectivity index (χ0n) is 19.4. The number of rotatable bonds is 4. The second-order valence-electron chi connectivity index (χ2n) is 10.2. The van der Waals surface area contributed by atoms with E-state index in [1.165, 1.54) is 11.8 Å². The van der Waals surface area contributed by atoms with E-state index in [9.17, 15) is 9.90 Å². The van der Waals surface area contributed by atoms with E-state index in [1.54, 1.807) is 0 Å². The maximum atomic E-state index is 12.8. The van der Waals surface area contributed by atoms with Crippen LogP contribution in [0, 0.1) is 5.41 Å². The minimum Gasteiger partial charge on any atom is -0.385 e. The molecule has 5 N–H and O–H groups in total. The topological polar surface area (TPSA) is 113 Å². The summed E-state index contributed by atoms with van der Waals surface area (Å²) in [6.45, 7) is 8.54. The molecule has 172 valence electrons. The molecule has 1 aliphatic carbocycles. The predicted molar refractivity (Wildman–Crippen MR) is 126 cm³/mol. The Morgan fingerprint density at radius 3 is 2.59 bits per heavy atom. The summed E-state index contributed by atoms with van der Waals surface area (Å²) in [7, 11) is 0. The van der Waals surface area contributed by atoms with E-state index in [4.69, 9.17) is 10.5 Å². The second-order valence-corrected chi connectivity index (χ2v) is 10.2. The van der Waals surface area contributed by atoms with Gasteiger partial charge in [-0.05, 0) is 61.8 Å². The summed E-state index contributed by atoms with van der Waals surface area (Å²) in [5.74, 6) is 0.0920. The first-order chi connectivity index (χ1) is 15.0. The highest BCUT2D eigenvalue weighted by Gasteiger charge is 2.39. The van der Waals surface area contributed by atoms with Gasteiger partial charge in [0.15, 0.2) is 5.82 Å². The smallest absolute Gasteiger partial charge is 0.291 e. The first-order valence-corrected chi connectivity index (χ1v) is 11.4. The van der Waals surface area contributed by atoms with Crippen LogP contribution in [0.1, 0.15) is 81.5 Å². The lowest BCUT2D eigenvalue weighted by atomic mass is 9.75. The van der Waals surface area contributed by atoms with Crippen molar-refractivity contribution in [3.63, 3.8) is 0 Å². The summed E-state index contributed by atoms with van der Waals surface area (Å²) in [4.78, 5) is 19.6. The third-order valence-electron chi connectivity index (χ3n) is 6.65. The number of ether oxygens (including phenoxy) is 1. The zero-order chi connectivity index (χ0) is 23.1. The quantitative estimate of drug-likeness (QED) is 0.557. The number of anilines is 2. The Kier molecular flexibility index (Phi) is 5.90. The van der Waals surface area contributed by atoms with E-state index in [0.29, 0.717) is 18.5 Å². The molecule has 2 heterocycles.